The van der Waals surface area contributed by atoms with Crippen molar-refractivity contribution < 1.29 is 9.59 Å². The predicted molar refractivity (Wildman–Crippen MR) is 86.5 cm³/mol. The molecule has 23 heavy (non-hydrogen) atoms. The molecule has 0 unspecified atom stereocenters. The van der Waals surface area contributed by atoms with Crippen molar-refractivity contribution in [3.63, 3.8) is 0 Å². The van der Waals surface area contributed by atoms with Crippen LogP contribution in [0.4, 0.5) is 0 Å². The SMILES string of the molecule is CCn1c(CNC(C)=O)nc2c1CN(C(=O)C1CCCC1)CC2. The van der Waals surface area contributed by atoms with Crippen molar-refractivity contribution in [1.82, 2.24) is 19.8 Å². The first kappa shape index (κ1) is 16.0. The molecular formula is C17H26N4O2. The molecule has 1 saturated carbocycles. The summed E-state index contributed by atoms with van der Waals surface area (Å²) in [7, 11) is 0. The van der Waals surface area contributed by atoms with E-state index in [9.17, 15) is 9.59 Å². The average molecular weight is 318 g/mol. The topological polar surface area (TPSA) is 67.2 Å². The fraction of sp³-hybridized carbons (Fsp3) is 0.706. The van der Waals surface area contributed by atoms with Gasteiger partial charge in [-0.2, -0.15) is 0 Å². The second-order valence-corrected chi connectivity index (χ2v) is 6.57. The molecular weight excluding hydrogens is 292 g/mol. The van der Waals surface area contributed by atoms with Crippen molar-refractivity contribution in [2.45, 2.75) is 65.6 Å². The molecule has 0 atom stereocenters. The van der Waals surface area contributed by atoms with E-state index < -0.39 is 0 Å². The van der Waals surface area contributed by atoms with Crippen LogP contribution in [0.5, 0.6) is 0 Å². The minimum absolute atomic E-state index is 0.0494. The van der Waals surface area contributed by atoms with Gasteiger partial charge >= 0.3 is 0 Å². The highest BCUT2D eigenvalue weighted by Crippen LogP contribution is 2.29. The molecule has 126 valence electrons. The Kier molecular flexibility index (Phi) is 4.68. The van der Waals surface area contributed by atoms with Crippen molar-refractivity contribution >= 4 is 11.8 Å². The van der Waals surface area contributed by atoms with Crippen LogP contribution < -0.4 is 5.32 Å². The second kappa shape index (κ2) is 6.72. The number of amides is 2. The Balaban J connectivity index is 1.76. The average Bonchev–Trinajstić information content (AvgIpc) is 3.18. The van der Waals surface area contributed by atoms with Gasteiger partial charge < -0.3 is 14.8 Å². The van der Waals surface area contributed by atoms with Gasteiger partial charge in [-0.05, 0) is 19.8 Å². The van der Waals surface area contributed by atoms with Gasteiger partial charge in [0, 0.05) is 32.4 Å². The number of hydrogen-bond acceptors (Lipinski definition) is 3. The molecule has 0 bridgehead atoms. The Hall–Kier alpha value is -1.85. The standard InChI is InChI=1S/C17H26N4O2/c1-3-21-15-11-20(17(23)13-6-4-5-7-13)9-8-14(15)19-16(21)10-18-12(2)22/h13H,3-11H2,1-2H3,(H,18,22). The van der Waals surface area contributed by atoms with Crippen LogP contribution >= 0.6 is 0 Å². The summed E-state index contributed by atoms with van der Waals surface area (Å²) in [6.45, 7) is 6.28. The number of carbonyl (C=O) groups excluding carboxylic acids is 2. The molecule has 1 N–H and O–H groups in total. The molecule has 0 radical (unpaired) electrons. The Morgan fingerprint density at radius 3 is 2.70 bits per heavy atom. The van der Waals surface area contributed by atoms with Crippen LogP contribution in [0.1, 0.15) is 56.7 Å². The molecule has 0 spiro atoms. The van der Waals surface area contributed by atoms with E-state index in [-0.39, 0.29) is 11.8 Å². The third kappa shape index (κ3) is 3.26. The molecule has 0 aromatic carbocycles. The number of nitrogens with zero attached hydrogens (tertiary/aromatic N) is 3. The van der Waals surface area contributed by atoms with Gasteiger partial charge in [0.1, 0.15) is 5.82 Å². The van der Waals surface area contributed by atoms with Gasteiger partial charge in [-0.1, -0.05) is 12.8 Å². The lowest BCUT2D eigenvalue weighted by atomic mass is 10.0. The number of nitrogens with one attached hydrogen (secondary N) is 1. The minimum atomic E-state index is -0.0494. The molecule has 2 heterocycles. The molecule has 3 rings (SSSR count). The molecule has 6 nitrogen and oxygen atoms in total. The Labute approximate surface area is 137 Å². The quantitative estimate of drug-likeness (QED) is 0.917. The van der Waals surface area contributed by atoms with Crippen molar-refractivity contribution in [3.8, 4) is 0 Å². The summed E-state index contributed by atoms with van der Waals surface area (Å²) < 4.78 is 2.15. The van der Waals surface area contributed by atoms with E-state index in [2.05, 4.69) is 16.8 Å². The highest BCUT2D eigenvalue weighted by atomic mass is 16.2. The molecule has 1 aromatic heterocycles. The number of carbonyl (C=O) groups is 2. The minimum Gasteiger partial charge on any atom is -0.349 e. The van der Waals surface area contributed by atoms with E-state index in [1.807, 2.05) is 4.90 Å². The van der Waals surface area contributed by atoms with Gasteiger partial charge in [0.15, 0.2) is 0 Å². The lowest BCUT2D eigenvalue weighted by molar-refractivity contribution is -0.136. The lowest BCUT2D eigenvalue weighted by Crippen LogP contribution is -2.39. The van der Waals surface area contributed by atoms with Crippen LogP contribution in [0.2, 0.25) is 0 Å². The van der Waals surface area contributed by atoms with Crippen molar-refractivity contribution in [2.75, 3.05) is 6.54 Å². The normalized spacial score (nSPS) is 18.1. The third-order valence-electron chi connectivity index (χ3n) is 5.02. The largest absolute Gasteiger partial charge is 0.349 e. The van der Waals surface area contributed by atoms with Crippen LogP contribution in [-0.4, -0.2) is 32.8 Å². The molecule has 1 fully saturated rings. The summed E-state index contributed by atoms with van der Waals surface area (Å²) in [4.78, 5) is 30.5. The predicted octanol–water partition coefficient (Wildman–Crippen LogP) is 1.61. The number of aromatic nitrogens is 2. The molecule has 2 aliphatic rings. The summed E-state index contributed by atoms with van der Waals surface area (Å²) in [6.07, 6.45) is 5.27. The number of rotatable bonds is 4. The Morgan fingerprint density at radius 2 is 2.04 bits per heavy atom. The van der Waals surface area contributed by atoms with E-state index in [1.165, 1.54) is 19.8 Å². The molecule has 6 heteroatoms. The second-order valence-electron chi connectivity index (χ2n) is 6.57. The molecule has 1 aromatic rings. The van der Waals surface area contributed by atoms with E-state index in [0.29, 0.717) is 19.0 Å². The smallest absolute Gasteiger partial charge is 0.226 e. The summed E-state index contributed by atoms with van der Waals surface area (Å²) >= 11 is 0. The van der Waals surface area contributed by atoms with Gasteiger partial charge in [-0.15, -0.1) is 0 Å². The van der Waals surface area contributed by atoms with Crippen molar-refractivity contribution in [1.29, 1.82) is 0 Å². The maximum Gasteiger partial charge on any atom is 0.226 e. The van der Waals surface area contributed by atoms with Gasteiger partial charge in [0.05, 0.1) is 24.5 Å². The van der Waals surface area contributed by atoms with Crippen LogP contribution in [0.3, 0.4) is 0 Å². The summed E-state index contributed by atoms with van der Waals surface area (Å²) in [5.41, 5.74) is 2.23. The number of fused-ring (bicyclic) bond motifs is 1. The summed E-state index contributed by atoms with van der Waals surface area (Å²) in [6, 6.07) is 0. The lowest BCUT2D eigenvalue weighted by Gasteiger charge is -2.29. The zero-order valence-corrected chi connectivity index (χ0v) is 14.1. The molecule has 2 amide bonds. The Morgan fingerprint density at radius 1 is 1.30 bits per heavy atom. The monoisotopic (exact) mass is 318 g/mol. The summed E-state index contributed by atoms with van der Waals surface area (Å²) in [5, 5.41) is 2.82. The third-order valence-corrected chi connectivity index (χ3v) is 5.02. The Bertz CT molecular complexity index is 602. The van der Waals surface area contributed by atoms with Gasteiger partial charge in [0.25, 0.3) is 0 Å². The van der Waals surface area contributed by atoms with Gasteiger partial charge in [-0.3, -0.25) is 9.59 Å². The maximum atomic E-state index is 12.7. The zero-order valence-electron chi connectivity index (χ0n) is 14.1. The fourth-order valence-electron chi connectivity index (χ4n) is 3.80. The number of hydrogen-bond donors (Lipinski definition) is 1. The molecule has 1 aliphatic carbocycles. The van der Waals surface area contributed by atoms with Crippen molar-refractivity contribution in [2.24, 2.45) is 5.92 Å². The van der Waals surface area contributed by atoms with E-state index in [1.54, 1.807) is 0 Å². The first-order chi connectivity index (χ1) is 11.1. The number of imidazole rings is 1. The highest BCUT2D eigenvalue weighted by molar-refractivity contribution is 5.79. The van der Waals surface area contributed by atoms with E-state index in [0.717, 1.165) is 49.6 Å². The first-order valence-corrected chi connectivity index (χ1v) is 8.70. The van der Waals surface area contributed by atoms with Gasteiger partial charge in [-0.25, -0.2) is 4.98 Å². The van der Waals surface area contributed by atoms with Crippen LogP contribution in [0, 0.1) is 5.92 Å². The van der Waals surface area contributed by atoms with Crippen molar-refractivity contribution in [3.05, 3.63) is 17.2 Å². The van der Waals surface area contributed by atoms with Gasteiger partial charge in [0.2, 0.25) is 11.8 Å². The molecule has 0 saturated heterocycles. The first-order valence-electron chi connectivity index (χ1n) is 8.70. The van der Waals surface area contributed by atoms with Crippen LogP contribution in [-0.2, 0) is 35.6 Å². The fourth-order valence-corrected chi connectivity index (χ4v) is 3.80. The summed E-state index contributed by atoms with van der Waals surface area (Å²) in [5.74, 6) is 1.39. The zero-order chi connectivity index (χ0) is 16.4. The molecule has 1 aliphatic heterocycles. The highest BCUT2D eigenvalue weighted by Gasteiger charge is 2.31. The van der Waals surface area contributed by atoms with E-state index in [4.69, 9.17) is 4.98 Å². The van der Waals surface area contributed by atoms with Crippen LogP contribution in [0.15, 0.2) is 0 Å². The maximum absolute atomic E-state index is 12.7. The van der Waals surface area contributed by atoms with E-state index >= 15 is 0 Å². The van der Waals surface area contributed by atoms with Crippen LogP contribution in [0.25, 0.3) is 0 Å².